The number of aliphatic imine (C=N–C) groups is 1. The average molecular weight is 389 g/mol. The number of benzene rings is 2. The van der Waals surface area contributed by atoms with E-state index in [1.54, 1.807) is 25.3 Å². The van der Waals surface area contributed by atoms with Gasteiger partial charge < -0.3 is 14.8 Å². The third-order valence-corrected chi connectivity index (χ3v) is 4.71. The van der Waals surface area contributed by atoms with Crippen LogP contribution in [0.25, 0.3) is 6.08 Å². The Balaban J connectivity index is 1.76. The Morgan fingerprint density at radius 3 is 2.65 bits per heavy atom. The van der Waals surface area contributed by atoms with E-state index in [4.69, 9.17) is 21.1 Å². The molecule has 0 atom stereocenters. The minimum atomic E-state index is -0.188. The number of methoxy groups -OCH3 is 1. The van der Waals surface area contributed by atoms with Crippen molar-refractivity contribution in [1.29, 1.82) is 0 Å². The van der Waals surface area contributed by atoms with Crippen LogP contribution in [0.5, 0.6) is 11.5 Å². The molecule has 1 heterocycles. The summed E-state index contributed by atoms with van der Waals surface area (Å²) in [5, 5.41) is 3.79. The van der Waals surface area contributed by atoms with E-state index >= 15 is 0 Å². The maximum absolute atomic E-state index is 12.2. The van der Waals surface area contributed by atoms with Crippen molar-refractivity contribution in [2.75, 3.05) is 13.7 Å². The van der Waals surface area contributed by atoms with E-state index in [9.17, 15) is 4.79 Å². The molecule has 1 saturated heterocycles. The van der Waals surface area contributed by atoms with Crippen molar-refractivity contribution in [2.24, 2.45) is 4.99 Å². The van der Waals surface area contributed by atoms with Crippen LogP contribution >= 0.6 is 23.4 Å². The normalized spacial score (nSPS) is 16.8. The van der Waals surface area contributed by atoms with E-state index in [1.807, 2.05) is 37.3 Å². The van der Waals surface area contributed by atoms with Gasteiger partial charge in [0, 0.05) is 0 Å². The summed E-state index contributed by atoms with van der Waals surface area (Å²) in [6.07, 6.45) is 1.77. The standard InChI is InChI=1S/C19H17ClN2O3S/c1-3-25-14-7-5-13(6-8-14)21-19-22-18(23)17(26-19)11-12-4-9-16(24-2)15(20)10-12/h4-11H,3H2,1-2H3,(H,21,22,23). The molecule has 0 bridgehead atoms. The molecule has 1 aliphatic heterocycles. The first-order valence-electron chi connectivity index (χ1n) is 7.95. The van der Waals surface area contributed by atoms with Gasteiger partial charge in [-0.05, 0) is 66.7 Å². The van der Waals surface area contributed by atoms with Crippen LogP contribution in [-0.2, 0) is 4.79 Å². The zero-order valence-electron chi connectivity index (χ0n) is 14.3. The number of hydrogen-bond acceptors (Lipinski definition) is 5. The average Bonchev–Trinajstić information content (AvgIpc) is 2.96. The van der Waals surface area contributed by atoms with Crippen molar-refractivity contribution in [2.45, 2.75) is 6.92 Å². The molecule has 0 aromatic heterocycles. The minimum absolute atomic E-state index is 0.188. The van der Waals surface area contributed by atoms with Crippen LogP contribution in [0, 0.1) is 0 Å². The molecule has 134 valence electrons. The van der Waals surface area contributed by atoms with Crippen molar-refractivity contribution in [1.82, 2.24) is 5.32 Å². The third kappa shape index (κ3) is 4.39. The van der Waals surface area contributed by atoms with Gasteiger partial charge in [0.15, 0.2) is 5.17 Å². The van der Waals surface area contributed by atoms with E-state index in [1.165, 1.54) is 11.8 Å². The van der Waals surface area contributed by atoms with Gasteiger partial charge in [-0.15, -0.1) is 0 Å². The Morgan fingerprint density at radius 1 is 1.23 bits per heavy atom. The van der Waals surface area contributed by atoms with Gasteiger partial charge in [0.25, 0.3) is 5.91 Å². The van der Waals surface area contributed by atoms with Gasteiger partial charge in [-0.1, -0.05) is 17.7 Å². The lowest BCUT2D eigenvalue weighted by molar-refractivity contribution is -0.115. The van der Waals surface area contributed by atoms with Crippen LogP contribution in [-0.4, -0.2) is 24.8 Å². The Labute approximate surface area is 161 Å². The lowest BCUT2D eigenvalue weighted by Crippen LogP contribution is -2.19. The summed E-state index contributed by atoms with van der Waals surface area (Å²) < 4.78 is 10.5. The molecule has 7 heteroatoms. The number of thioether (sulfide) groups is 1. The van der Waals surface area contributed by atoms with Gasteiger partial charge in [0.2, 0.25) is 0 Å². The Hall–Kier alpha value is -2.44. The number of hydrogen-bond donors (Lipinski definition) is 1. The van der Waals surface area contributed by atoms with Gasteiger partial charge in [0.1, 0.15) is 11.5 Å². The second-order valence-electron chi connectivity index (χ2n) is 5.30. The van der Waals surface area contributed by atoms with Crippen LogP contribution in [0.1, 0.15) is 12.5 Å². The Kier molecular flexibility index (Phi) is 5.85. The zero-order chi connectivity index (χ0) is 18.5. The van der Waals surface area contributed by atoms with Crippen molar-refractivity contribution in [3.63, 3.8) is 0 Å². The minimum Gasteiger partial charge on any atom is -0.495 e. The van der Waals surface area contributed by atoms with Crippen molar-refractivity contribution < 1.29 is 14.3 Å². The lowest BCUT2D eigenvalue weighted by Gasteiger charge is -2.03. The summed E-state index contributed by atoms with van der Waals surface area (Å²) in [6, 6.07) is 12.7. The predicted octanol–water partition coefficient (Wildman–Crippen LogP) is 4.64. The molecule has 3 rings (SSSR count). The smallest absolute Gasteiger partial charge is 0.264 e. The van der Waals surface area contributed by atoms with E-state index < -0.39 is 0 Å². The second kappa shape index (κ2) is 8.29. The first kappa shape index (κ1) is 18.4. The lowest BCUT2D eigenvalue weighted by atomic mass is 10.2. The molecule has 2 aromatic carbocycles. The van der Waals surface area contributed by atoms with Crippen molar-refractivity contribution >= 4 is 46.2 Å². The Bertz CT molecular complexity index is 879. The molecule has 1 N–H and O–H groups in total. The number of rotatable bonds is 5. The zero-order valence-corrected chi connectivity index (χ0v) is 15.9. The monoisotopic (exact) mass is 388 g/mol. The number of amidine groups is 1. The largest absolute Gasteiger partial charge is 0.495 e. The molecule has 0 unspecified atom stereocenters. The summed E-state index contributed by atoms with van der Waals surface area (Å²) in [5.41, 5.74) is 1.56. The number of nitrogens with one attached hydrogen (secondary N) is 1. The van der Waals surface area contributed by atoms with Gasteiger partial charge in [-0.25, -0.2) is 4.99 Å². The fourth-order valence-electron chi connectivity index (χ4n) is 2.31. The number of nitrogens with zero attached hydrogens (tertiary/aromatic N) is 1. The van der Waals surface area contributed by atoms with E-state index in [-0.39, 0.29) is 5.91 Å². The van der Waals surface area contributed by atoms with Gasteiger partial charge in [-0.3, -0.25) is 4.79 Å². The fourth-order valence-corrected chi connectivity index (χ4v) is 3.41. The van der Waals surface area contributed by atoms with Crippen molar-refractivity contribution in [3.05, 3.63) is 58.0 Å². The molecule has 5 nitrogen and oxygen atoms in total. The topological polar surface area (TPSA) is 59.9 Å². The highest BCUT2D eigenvalue weighted by Gasteiger charge is 2.23. The molecule has 0 saturated carbocycles. The van der Waals surface area contributed by atoms with Gasteiger partial charge in [-0.2, -0.15) is 0 Å². The van der Waals surface area contributed by atoms with Crippen LogP contribution in [0.15, 0.2) is 52.4 Å². The molecule has 1 amide bonds. The van der Waals surface area contributed by atoms with Crippen LogP contribution in [0.3, 0.4) is 0 Å². The summed E-state index contributed by atoms with van der Waals surface area (Å²) in [7, 11) is 1.56. The quantitative estimate of drug-likeness (QED) is 0.758. The molecular formula is C19H17ClN2O3S. The molecule has 0 aliphatic carbocycles. The summed E-state index contributed by atoms with van der Waals surface area (Å²) in [5.74, 6) is 1.19. The van der Waals surface area contributed by atoms with Crippen LogP contribution in [0.4, 0.5) is 5.69 Å². The highest BCUT2D eigenvalue weighted by atomic mass is 35.5. The van der Waals surface area contributed by atoms with Gasteiger partial charge >= 0.3 is 0 Å². The van der Waals surface area contributed by atoms with E-state index in [0.717, 1.165) is 17.0 Å². The van der Waals surface area contributed by atoms with E-state index in [0.29, 0.717) is 27.5 Å². The maximum atomic E-state index is 12.2. The second-order valence-corrected chi connectivity index (χ2v) is 6.74. The number of carbonyl (C=O) groups excluding carboxylic acids is 1. The summed E-state index contributed by atoms with van der Waals surface area (Å²) in [6.45, 7) is 2.55. The maximum Gasteiger partial charge on any atom is 0.264 e. The number of carbonyl (C=O) groups is 1. The molecule has 2 aromatic rings. The van der Waals surface area contributed by atoms with E-state index in [2.05, 4.69) is 10.3 Å². The third-order valence-electron chi connectivity index (χ3n) is 3.50. The van der Waals surface area contributed by atoms with Gasteiger partial charge in [0.05, 0.1) is 29.3 Å². The van der Waals surface area contributed by atoms with Crippen molar-refractivity contribution in [3.8, 4) is 11.5 Å². The molecule has 0 radical (unpaired) electrons. The first-order chi connectivity index (χ1) is 12.6. The number of halogens is 1. The first-order valence-corrected chi connectivity index (χ1v) is 9.14. The predicted molar refractivity (Wildman–Crippen MR) is 106 cm³/mol. The number of ether oxygens (including phenoxy) is 2. The molecule has 26 heavy (non-hydrogen) atoms. The summed E-state index contributed by atoms with van der Waals surface area (Å²) in [4.78, 5) is 17.2. The van der Waals surface area contributed by atoms with Crippen LogP contribution < -0.4 is 14.8 Å². The number of amides is 1. The molecule has 0 spiro atoms. The Morgan fingerprint density at radius 2 is 2.00 bits per heavy atom. The fraction of sp³-hybridized carbons (Fsp3) is 0.158. The summed E-state index contributed by atoms with van der Waals surface area (Å²) >= 11 is 7.41. The molecule has 1 aliphatic rings. The highest BCUT2D eigenvalue weighted by molar-refractivity contribution is 8.18. The molecular weight excluding hydrogens is 372 g/mol. The molecule has 1 fully saturated rings. The van der Waals surface area contributed by atoms with Crippen LogP contribution in [0.2, 0.25) is 5.02 Å². The SMILES string of the molecule is CCOc1ccc(N=C2NC(=O)C(=Cc3ccc(OC)c(Cl)c3)S2)cc1. The highest BCUT2D eigenvalue weighted by Crippen LogP contribution is 2.31.